The molecule has 3 aromatic rings. The molecule has 44 heavy (non-hydrogen) atoms. The number of carbonyl (C=O) groups excluding carboxylic acids is 2. The minimum absolute atomic E-state index is 0.0309. The second-order valence-electron chi connectivity index (χ2n) is 10.6. The molecule has 0 heterocycles. The van der Waals surface area contributed by atoms with Crippen LogP contribution in [0.1, 0.15) is 43.4 Å². The van der Waals surface area contributed by atoms with Crippen molar-refractivity contribution >= 4 is 50.7 Å². The van der Waals surface area contributed by atoms with Gasteiger partial charge in [-0.05, 0) is 61.7 Å². The van der Waals surface area contributed by atoms with Crippen LogP contribution in [0.25, 0.3) is 0 Å². The molecule has 0 spiro atoms. The van der Waals surface area contributed by atoms with Gasteiger partial charge in [-0.3, -0.25) is 13.9 Å². The van der Waals surface area contributed by atoms with Crippen LogP contribution in [0, 0.1) is 0 Å². The zero-order valence-corrected chi connectivity index (χ0v) is 26.8. The summed E-state index contributed by atoms with van der Waals surface area (Å²) in [5, 5.41) is 3.57. The number of nitrogens with one attached hydrogen (secondary N) is 1. The van der Waals surface area contributed by atoms with Crippen LogP contribution < -0.4 is 9.62 Å². The summed E-state index contributed by atoms with van der Waals surface area (Å²) >= 11 is 12.5. The van der Waals surface area contributed by atoms with Crippen LogP contribution in [0.4, 0.5) is 18.9 Å². The predicted molar refractivity (Wildman–Crippen MR) is 167 cm³/mol. The Labute approximate surface area is 266 Å². The second-order valence-corrected chi connectivity index (χ2v) is 13.4. The molecule has 0 unspecified atom stereocenters. The summed E-state index contributed by atoms with van der Waals surface area (Å²) in [5.41, 5.74) is 0.189. The molecule has 0 aliphatic heterocycles. The molecule has 0 radical (unpaired) electrons. The SMILES string of the molecule is CC(C)NC(=O)[C@@H](Cc1ccccc1)N(Cc1ccc(Cl)cc1Cl)C(=O)CCCN(c1cccc(C(F)(F)F)c1)S(C)(=O)=O. The van der Waals surface area contributed by atoms with E-state index in [9.17, 15) is 31.2 Å². The first-order valence-corrected chi connectivity index (χ1v) is 16.4. The van der Waals surface area contributed by atoms with Gasteiger partial charge in [0.2, 0.25) is 21.8 Å². The third kappa shape index (κ3) is 10.1. The van der Waals surface area contributed by atoms with Crippen molar-refractivity contribution in [1.82, 2.24) is 10.2 Å². The fourth-order valence-electron chi connectivity index (χ4n) is 4.61. The lowest BCUT2D eigenvalue weighted by Gasteiger charge is -2.32. The van der Waals surface area contributed by atoms with Crippen molar-refractivity contribution in [2.24, 2.45) is 0 Å². The van der Waals surface area contributed by atoms with E-state index in [4.69, 9.17) is 23.2 Å². The highest BCUT2D eigenvalue weighted by atomic mass is 35.5. The molecule has 3 aromatic carbocycles. The normalized spacial score (nSPS) is 12.6. The number of halogens is 5. The van der Waals surface area contributed by atoms with Gasteiger partial charge in [-0.25, -0.2) is 8.42 Å². The van der Waals surface area contributed by atoms with E-state index >= 15 is 0 Å². The first kappa shape index (κ1) is 35.2. The first-order valence-electron chi connectivity index (χ1n) is 13.8. The van der Waals surface area contributed by atoms with Gasteiger partial charge in [0.25, 0.3) is 0 Å². The Morgan fingerprint density at radius 1 is 0.955 bits per heavy atom. The third-order valence-electron chi connectivity index (χ3n) is 6.67. The molecule has 0 saturated carbocycles. The van der Waals surface area contributed by atoms with Crippen LogP contribution in [0.15, 0.2) is 72.8 Å². The lowest BCUT2D eigenvalue weighted by molar-refractivity contribution is -0.141. The maximum Gasteiger partial charge on any atom is 0.416 e. The topological polar surface area (TPSA) is 86.8 Å². The van der Waals surface area contributed by atoms with Gasteiger partial charge in [-0.15, -0.1) is 0 Å². The highest BCUT2D eigenvalue weighted by Crippen LogP contribution is 2.32. The van der Waals surface area contributed by atoms with E-state index in [0.717, 1.165) is 34.3 Å². The van der Waals surface area contributed by atoms with Crippen molar-refractivity contribution in [2.75, 3.05) is 17.1 Å². The average Bonchev–Trinajstić information content (AvgIpc) is 2.93. The van der Waals surface area contributed by atoms with Gasteiger partial charge in [-0.1, -0.05) is 65.7 Å². The molecule has 3 rings (SSSR count). The summed E-state index contributed by atoms with van der Waals surface area (Å²) in [6.45, 7) is 3.30. The Balaban J connectivity index is 1.92. The van der Waals surface area contributed by atoms with Crippen LogP contribution in [0.3, 0.4) is 0 Å². The Morgan fingerprint density at radius 2 is 1.64 bits per heavy atom. The molecule has 13 heteroatoms. The van der Waals surface area contributed by atoms with Gasteiger partial charge in [0.15, 0.2) is 0 Å². The van der Waals surface area contributed by atoms with E-state index in [-0.39, 0.29) is 50.0 Å². The zero-order chi connectivity index (χ0) is 32.7. The molecule has 0 saturated heterocycles. The lowest BCUT2D eigenvalue weighted by atomic mass is 10.0. The maximum absolute atomic E-state index is 13.9. The highest BCUT2D eigenvalue weighted by Gasteiger charge is 2.33. The Hall–Kier alpha value is -3.28. The number of alkyl halides is 3. The number of anilines is 1. The standard InChI is InChI=1S/C31H34Cl2F3N3O4S/c1-21(2)37-30(41)28(17-22-9-5-4-6-10-22)38(20-23-14-15-25(32)19-27(23)33)29(40)13-8-16-39(44(3,42)43)26-12-7-11-24(18-26)31(34,35)36/h4-7,9-12,14-15,18-19,21,28H,8,13,16-17,20H2,1-3H3,(H,37,41)/t28-/m1/s1. The molecule has 2 amide bonds. The molecule has 1 atom stereocenters. The number of sulfonamides is 1. The smallest absolute Gasteiger partial charge is 0.352 e. The largest absolute Gasteiger partial charge is 0.416 e. The van der Waals surface area contributed by atoms with E-state index in [2.05, 4.69) is 5.32 Å². The van der Waals surface area contributed by atoms with Gasteiger partial charge < -0.3 is 10.2 Å². The first-order chi connectivity index (χ1) is 20.6. The summed E-state index contributed by atoms with van der Waals surface area (Å²) in [7, 11) is -3.99. The van der Waals surface area contributed by atoms with E-state index < -0.39 is 33.7 Å². The fraction of sp³-hybridized carbons (Fsp3) is 0.355. The second kappa shape index (κ2) is 15.1. The Kier molecular flexibility index (Phi) is 12.1. The van der Waals surface area contributed by atoms with Crippen molar-refractivity contribution in [3.05, 3.63) is 99.5 Å². The number of nitrogens with zero attached hydrogens (tertiary/aromatic N) is 2. The fourth-order valence-corrected chi connectivity index (χ4v) is 6.03. The van der Waals surface area contributed by atoms with E-state index in [1.54, 1.807) is 26.0 Å². The van der Waals surface area contributed by atoms with Gasteiger partial charge in [-0.2, -0.15) is 13.2 Å². The minimum atomic E-state index is -4.66. The van der Waals surface area contributed by atoms with E-state index in [1.165, 1.54) is 17.0 Å². The Bertz CT molecular complexity index is 1550. The average molecular weight is 673 g/mol. The summed E-state index contributed by atoms with van der Waals surface area (Å²) in [5.74, 6) is -0.850. The van der Waals surface area contributed by atoms with E-state index in [0.29, 0.717) is 15.6 Å². The lowest BCUT2D eigenvalue weighted by Crippen LogP contribution is -2.51. The van der Waals surface area contributed by atoms with Gasteiger partial charge >= 0.3 is 6.18 Å². The third-order valence-corrected chi connectivity index (χ3v) is 8.45. The molecule has 0 aromatic heterocycles. The van der Waals surface area contributed by atoms with Crippen LogP contribution in [-0.2, 0) is 38.8 Å². The minimum Gasteiger partial charge on any atom is -0.352 e. The molecule has 0 fully saturated rings. The number of hydrogen-bond acceptors (Lipinski definition) is 4. The molecule has 0 aliphatic rings. The van der Waals surface area contributed by atoms with Crippen molar-refractivity contribution in [3.8, 4) is 0 Å². The quantitative estimate of drug-likeness (QED) is 0.219. The zero-order valence-electron chi connectivity index (χ0n) is 24.4. The monoisotopic (exact) mass is 671 g/mol. The molecule has 0 aliphatic carbocycles. The maximum atomic E-state index is 13.9. The number of amides is 2. The highest BCUT2D eigenvalue weighted by molar-refractivity contribution is 7.92. The van der Waals surface area contributed by atoms with Crippen molar-refractivity contribution < 1.29 is 31.2 Å². The van der Waals surface area contributed by atoms with Gasteiger partial charge in [0.1, 0.15) is 6.04 Å². The number of rotatable bonds is 13. The van der Waals surface area contributed by atoms with Crippen LogP contribution >= 0.6 is 23.2 Å². The Morgan fingerprint density at radius 3 is 2.23 bits per heavy atom. The molecule has 7 nitrogen and oxygen atoms in total. The van der Waals surface area contributed by atoms with Crippen molar-refractivity contribution in [1.29, 1.82) is 0 Å². The summed E-state index contributed by atoms with van der Waals surface area (Å²) in [6.07, 6.45) is -3.82. The summed E-state index contributed by atoms with van der Waals surface area (Å²) in [4.78, 5) is 28.8. The van der Waals surface area contributed by atoms with Crippen LogP contribution in [0.2, 0.25) is 10.0 Å². The van der Waals surface area contributed by atoms with Crippen LogP contribution in [-0.4, -0.2) is 50.0 Å². The van der Waals surface area contributed by atoms with E-state index in [1.807, 2.05) is 30.3 Å². The number of carbonyl (C=O) groups is 2. The molecule has 238 valence electrons. The number of hydrogen-bond donors (Lipinski definition) is 1. The van der Waals surface area contributed by atoms with Gasteiger partial charge in [0, 0.05) is 42.0 Å². The number of benzene rings is 3. The molecule has 0 bridgehead atoms. The van der Waals surface area contributed by atoms with Crippen molar-refractivity contribution in [2.45, 2.75) is 57.9 Å². The molecular formula is C31H34Cl2F3N3O4S. The molecular weight excluding hydrogens is 638 g/mol. The molecule has 1 N–H and O–H groups in total. The van der Waals surface area contributed by atoms with Crippen LogP contribution in [0.5, 0.6) is 0 Å². The summed E-state index contributed by atoms with van der Waals surface area (Å²) < 4.78 is 65.9. The van der Waals surface area contributed by atoms with Crippen molar-refractivity contribution in [3.63, 3.8) is 0 Å². The summed E-state index contributed by atoms with van der Waals surface area (Å²) in [6, 6.07) is 16.8. The van der Waals surface area contributed by atoms with Gasteiger partial charge in [0.05, 0.1) is 17.5 Å². The predicted octanol–water partition coefficient (Wildman–Crippen LogP) is 6.72.